The van der Waals surface area contributed by atoms with Crippen LogP contribution in [0.3, 0.4) is 0 Å². The van der Waals surface area contributed by atoms with Crippen LogP contribution in [0.2, 0.25) is 0 Å². The largest absolute Gasteiger partial charge is 0.456 e. The summed E-state index contributed by atoms with van der Waals surface area (Å²) in [6, 6.07) is 48.2. The van der Waals surface area contributed by atoms with Crippen molar-refractivity contribution in [2.45, 2.75) is 0 Å². The SMILES string of the molecule is c1ccc2oc(-c3ccc(N(c4ccc(-c5cc6cccnc6o5)cc4)c4ccc(-c5cc6cccnc6s5)cc4)cc3)cc2c1. The molecule has 0 bridgehead atoms. The average Bonchev–Trinajstić information content (AvgIpc) is 3.86. The van der Waals surface area contributed by atoms with E-state index >= 15 is 0 Å². The lowest BCUT2D eigenvalue weighted by Crippen LogP contribution is -2.09. The van der Waals surface area contributed by atoms with E-state index in [1.807, 2.05) is 48.7 Å². The molecule has 218 valence electrons. The number of anilines is 3. The molecule has 0 saturated carbocycles. The topological polar surface area (TPSA) is 55.3 Å². The second-order valence-corrected chi connectivity index (χ2v) is 12.2. The van der Waals surface area contributed by atoms with Crippen molar-refractivity contribution in [3.05, 3.63) is 152 Å². The van der Waals surface area contributed by atoms with Gasteiger partial charge in [-0.1, -0.05) is 36.4 Å². The van der Waals surface area contributed by atoms with Crippen molar-refractivity contribution >= 4 is 60.7 Å². The standard InChI is InChI=1S/C40H25N3O2S/c1-2-8-35-29(5-1)23-36(44-35)26-9-15-32(16-10-26)43(33-17-11-27(12-18-33)37-24-30-6-3-21-41-39(30)45-37)34-19-13-28(14-20-34)38-25-31-7-4-22-42-40(31)46-38/h1-25H. The molecule has 5 heterocycles. The van der Waals surface area contributed by atoms with E-state index in [9.17, 15) is 0 Å². The third-order valence-corrected chi connectivity index (χ3v) is 9.35. The molecule has 0 fully saturated rings. The van der Waals surface area contributed by atoms with E-state index in [2.05, 4.69) is 112 Å². The van der Waals surface area contributed by atoms with Gasteiger partial charge in [-0.05, 0) is 109 Å². The van der Waals surface area contributed by atoms with E-state index in [1.54, 1.807) is 17.5 Å². The second-order valence-electron chi connectivity index (χ2n) is 11.1. The van der Waals surface area contributed by atoms with Crippen LogP contribution in [0.25, 0.3) is 65.4 Å². The summed E-state index contributed by atoms with van der Waals surface area (Å²) in [7, 11) is 0. The summed E-state index contributed by atoms with van der Waals surface area (Å²) in [4.78, 5) is 13.4. The molecule has 0 unspecified atom stereocenters. The molecular weight excluding hydrogens is 587 g/mol. The smallest absolute Gasteiger partial charge is 0.226 e. The van der Waals surface area contributed by atoms with Gasteiger partial charge in [-0.2, -0.15) is 0 Å². The summed E-state index contributed by atoms with van der Waals surface area (Å²) < 4.78 is 12.2. The van der Waals surface area contributed by atoms with Crippen molar-refractivity contribution in [2.24, 2.45) is 0 Å². The summed E-state index contributed by atoms with van der Waals surface area (Å²) in [5.41, 5.74) is 7.85. The predicted octanol–water partition coefficient (Wildman–Crippen LogP) is 11.7. The highest BCUT2D eigenvalue weighted by atomic mass is 32.1. The molecule has 0 saturated heterocycles. The second kappa shape index (κ2) is 10.9. The van der Waals surface area contributed by atoms with Crippen LogP contribution in [0.1, 0.15) is 0 Å². The van der Waals surface area contributed by atoms with Crippen LogP contribution in [-0.4, -0.2) is 9.97 Å². The number of nitrogens with zero attached hydrogens (tertiary/aromatic N) is 3. The quantitative estimate of drug-likeness (QED) is 0.187. The third kappa shape index (κ3) is 4.72. The van der Waals surface area contributed by atoms with E-state index in [1.165, 1.54) is 10.4 Å². The maximum atomic E-state index is 6.15. The molecule has 0 spiro atoms. The molecule has 0 N–H and O–H groups in total. The summed E-state index contributed by atoms with van der Waals surface area (Å²) >= 11 is 1.71. The molecule has 0 atom stereocenters. The van der Waals surface area contributed by atoms with E-state index in [-0.39, 0.29) is 0 Å². The van der Waals surface area contributed by atoms with Crippen molar-refractivity contribution in [1.82, 2.24) is 9.97 Å². The van der Waals surface area contributed by atoms with Crippen molar-refractivity contribution in [3.8, 4) is 33.1 Å². The van der Waals surface area contributed by atoms with E-state index in [4.69, 9.17) is 8.83 Å². The number of hydrogen-bond acceptors (Lipinski definition) is 6. The highest BCUT2D eigenvalue weighted by molar-refractivity contribution is 7.21. The summed E-state index contributed by atoms with van der Waals surface area (Å²) in [6.07, 6.45) is 3.60. The van der Waals surface area contributed by atoms with Gasteiger partial charge in [0.1, 0.15) is 21.9 Å². The van der Waals surface area contributed by atoms with Gasteiger partial charge in [0, 0.05) is 61.6 Å². The maximum Gasteiger partial charge on any atom is 0.226 e. The Hall–Kier alpha value is -5.98. The lowest BCUT2D eigenvalue weighted by atomic mass is 10.1. The zero-order valence-corrected chi connectivity index (χ0v) is 25.3. The minimum absolute atomic E-state index is 0.641. The highest BCUT2D eigenvalue weighted by Crippen LogP contribution is 2.40. The van der Waals surface area contributed by atoms with Crippen LogP contribution < -0.4 is 4.90 Å². The number of pyridine rings is 2. The monoisotopic (exact) mass is 611 g/mol. The van der Waals surface area contributed by atoms with Crippen LogP contribution >= 0.6 is 11.3 Å². The molecule has 0 aliphatic heterocycles. The molecule has 9 aromatic rings. The highest BCUT2D eigenvalue weighted by Gasteiger charge is 2.16. The number of benzene rings is 4. The minimum atomic E-state index is 0.641. The zero-order chi connectivity index (χ0) is 30.5. The predicted molar refractivity (Wildman–Crippen MR) is 188 cm³/mol. The Morgan fingerprint density at radius 2 is 1.04 bits per heavy atom. The van der Waals surface area contributed by atoms with Gasteiger partial charge >= 0.3 is 0 Å². The number of fused-ring (bicyclic) bond motifs is 3. The third-order valence-electron chi connectivity index (χ3n) is 8.24. The molecule has 6 heteroatoms. The Kier molecular flexibility index (Phi) is 6.25. The Morgan fingerprint density at radius 1 is 0.478 bits per heavy atom. The van der Waals surface area contributed by atoms with Crippen LogP contribution in [0.4, 0.5) is 17.1 Å². The number of thiophene rings is 1. The molecule has 0 radical (unpaired) electrons. The summed E-state index contributed by atoms with van der Waals surface area (Å²) in [5.74, 6) is 1.65. The van der Waals surface area contributed by atoms with Crippen molar-refractivity contribution in [3.63, 3.8) is 0 Å². The van der Waals surface area contributed by atoms with E-state index in [0.29, 0.717) is 5.71 Å². The Balaban J connectivity index is 1.09. The first kappa shape index (κ1) is 26.4. The molecular formula is C40H25N3O2S. The van der Waals surface area contributed by atoms with Crippen molar-refractivity contribution in [1.29, 1.82) is 0 Å². The Labute approximate surface area is 268 Å². The van der Waals surface area contributed by atoms with Gasteiger partial charge in [-0.15, -0.1) is 11.3 Å². The van der Waals surface area contributed by atoms with Gasteiger partial charge in [-0.25, -0.2) is 9.97 Å². The van der Waals surface area contributed by atoms with Gasteiger partial charge in [0.2, 0.25) is 5.71 Å². The number of rotatable bonds is 6. The number of aromatic nitrogens is 2. The fourth-order valence-corrected chi connectivity index (χ4v) is 6.93. The molecule has 5 nitrogen and oxygen atoms in total. The van der Waals surface area contributed by atoms with Gasteiger partial charge in [0.25, 0.3) is 0 Å². The first-order chi connectivity index (χ1) is 22.7. The number of furan rings is 2. The van der Waals surface area contributed by atoms with Crippen molar-refractivity contribution in [2.75, 3.05) is 4.90 Å². The van der Waals surface area contributed by atoms with Crippen LogP contribution in [-0.2, 0) is 0 Å². The fraction of sp³-hybridized carbons (Fsp3) is 0. The Morgan fingerprint density at radius 3 is 1.70 bits per heavy atom. The molecule has 46 heavy (non-hydrogen) atoms. The van der Waals surface area contributed by atoms with Crippen LogP contribution in [0.15, 0.2) is 161 Å². The molecule has 0 amide bonds. The first-order valence-corrected chi connectivity index (χ1v) is 15.9. The maximum absolute atomic E-state index is 6.15. The minimum Gasteiger partial charge on any atom is -0.456 e. The number of hydrogen-bond donors (Lipinski definition) is 0. The number of para-hydroxylation sites is 1. The van der Waals surface area contributed by atoms with Crippen molar-refractivity contribution < 1.29 is 8.83 Å². The van der Waals surface area contributed by atoms with Gasteiger partial charge in [0.15, 0.2) is 0 Å². The molecule has 0 aliphatic rings. The van der Waals surface area contributed by atoms with Crippen LogP contribution in [0, 0.1) is 0 Å². The van der Waals surface area contributed by atoms with E-state index in [0.717, 1.165) is 66.3 Å². The lowest BCUT2D eigenvalue weighted by Gasteiger charge is -2.26. The van der Waals surface area contributed by atoms with Crippen LogP contribution in [0.5, 0.6) is 0 Å². The van der Waals surface area contributed by atoms with E-state index < -0.39 is 0 Å². The molecule has 9 rings (SSSR count). The zero-order valence-electron chi connectivity index (χ0n) is 24.5. The molecule has 5 aromatic heterocycles. The van der Waals surface area contributed by atoms with Gasteiger partial charge < -0.3 is 13.7 Å². The first-order valence-electron chi connectivity index (χ1n) is 15.0. The average molecular weight is 612 g/mol. The van der Waals surface area contributed by atoms with Gasteiger partial charge in [0.05, 0.1) is 0 Å². The summed E-state index contributed by atoms with van der Waals surface area (Å²) in [5, 5.41) is 3.25. The fourth-order valence-electron chi connectivity index (χ4n) is 5.93. The normalized spacial score (nSPS) is 11.5. The summed E-state index contributed by atoms with van der Waals surface area (Å²) in [6.45, 7) is 0. The Bertz CT molecular complexity index is 2090. The van der Waals surface area contributed by atoms with Gasteiger partial charge in [-0.3, -0.25) is 0 Å². The lowest BCUT2D eigenvalue weighted by molar-refractivity contribution is 0.618. The molecule has 4 aromatic carbocycles. The molecule has 0 aliphatic carbocycles.